The van der Waals surface area contributed by atoms with Gasteiger partial charge in [-0.25, -0.2) is 0 Å². The van der Waals surface area contributed by atoms with E-state index in [4.69, 9.17) is 4.42 Å². The molecule has 1 nitrogen and oxygen atoms in total. The van der Waals surface area contributed by atoms with E-state index in [2.05, 4.69) is 123 Å². The van der Waals surface area contributed by atoms with Crippen molar-refractivity contribution >= 4 is 54.3 Å². The van der Waals surface area contributed by atoms with E-state index in [1.165, 1.54) is 76.5 Å². The van der Waals surface area contributed by atoms with Gasteiger partial charge in [0.15, 0.2) is 0 Å². The molecule has 1 aromatic heterocycles. The molecule has 0 atom stereocenters. The van der Waals surface area contributed by atoms with Crippen molar-refractivity contribution in [2.45, 2.75) is 19.3 Å². The second kappa shape index (κ2) is 6.82. The normalized spacial score (nSPS) is 14.3. The standard InChI is InChI=1S/C37H24O/c1-37(2)28-14-5-3-10-25(28)33-23(12-8-15-29(33)37)24-20-19-22-18-17-21-9-7-13-27-31(21)32(22)34(24)35-26-11-4-6-16-30(26)38-36(27)35/h3-20H,1-2H3. The Balaban J connectivity index is 1.56. The summed E-state index contributed by atoms with van der Waals surface area (Å²) >= 11 is 0. The monoisotopic (exact) mass is 484 g/mol. The maximum absolute atomic E-state index is 6.64. The molecule has 0 amide bonds. The van der Waals surface area contributed by atoms with Crippen LogP contribution in [0.4, 0.5) is 0 Å². The summed E-state index contributed by atoms with van der Waals surface area (Å²) in [6, 6.07) is 40.1. The Morgan fingerprint density at radius 1 is 0.474 bits per heavy atom. The molecule has 0 radical (unpaired) electrons. The Morgan fingerprint density at radius 2 is 1.16 bits per heavy atom. The average molecular weight is 485 g/mol. The van der Waals surface area contributed by atoms with Gasteiger partial charge in [0.1, 0.15) is 11.2 Å². The summed E-state index contributed by atoms with van der Waals surface area (Å²) in [6.45, 7) is 4.71. The summed E-state index contributed by atoms with van der Waals surface area (Å²) in [5, 5.41) is 10.0. The predicted octanol–water partition coefficient (Wildman–Crippen LogP) is 10.5. The lowest BCUT2D eigenvalue weighted by atomic mass is 9.81. The second-order valence-electron chi connectivity index (χ2n) is 11.3. The lowest BCUT2D eigenvalue weighted by Crippen LogP contribution is -2.14. The van der Waals surface area contributed by atoms with Crippen LogP contribution in [0, 0.1) is 0 Å². The number of para-hydroxylation sites is 1. The van der Waals surface area contributed by atoms with Gasteiger partial charge < -0.3 is 4.42 Å². The van der Waals surface area contributed by atoms with Crippen LogP contribution >= 0.6 is 0 Å². The molecule has 38 heavy (non-hydrogen) atoms. The molecule has 178 valence electrons. The molecule has 0 saturated heterocycles. The van der Waals surface area contributed by atoms with Crippen LogP contribution in [0.15, 0.2) is 114 Å². The first-order chi connectivity index (χ1) is 18.6. The van der Waals surface area contributed by atoms with Gasteiger partial charge in [-0.3, -0.25) is 0 Å². The molecule has 7 aromatic carbocycles. The minimum atomic E-state index is -0.0383. The van der Waals surface area contributed by atoms with Gasteiger partial charge in [-0.1, -0.05) is 117 Å². The van der Waals surface area contributed by atoms with Gasteiger partial charge in [-0.2, -0.15) is 0 Å². The minimum Gasteiger partial charge on any atom is -0.455 e. The maximum atomic E-state index is 6.64. The zero-order valence-electron chi connectivity index (χ0n) is 21.3. The molecule has 0 unspecified atom stereocenters. The number of rotatable bonds is 1. The van der Waals surface area contributed by atoms with Crippen LogP contribution in [0.5, 0.6) is 0 Å². The zero-order chi connectivity index (χ0) is 25.2. The number of hydrogen-bond acceptors (Lipinski definition) is 1. The van der Waals surface area contributed by atoms with Crippen LogP contribution in [0.3, 0.4) is 0 Å². The van der Waals surface area contributed by atoms with Crippen LogP contribution in [0.2, 0.25) is 0 Å². The van der Waals surface area contributed by atoms with Crippen molar-refractivity contribution in [3.63, 3.8) is 0 Å². The van der Waals surface area contributed by atoms with Gasteiger partial charge in [0.2, 0.25) is 0 Å². The maximum Gasteiger partial charge on any atom is 0.143 e. The summed E-state index contributed by atoms with van der Waals surface area (Å²) in [6.07, 6.45) is 0. The number of furan rings is 1. The number of benzene rings is 7. The Morgan fingerprint density at radius 3 is 2.08 bits per heavy atom. The highest BCUT2D eigenvalue weighted by atomic mass is 16.3. The van der Waals surface area contributed by atoms with Crippen LogP contribution in [0.1, 0.15) is 25.0 Å². The molecule has 0 N–H and O–H groups in total. The lowest BCUT2D eigenvalue weighted by Gasteiger charge is -2.22. The van der Waals surface area contributed by atoms with E-state index in [9.17, 15) is 0 Å². The molecule has 8 aromatic rings. The molecular formula is C37H24O. The molecule has 0 aliphatic heterocycles. The molecule has 1 aliphatic carbocycles. The summed E-state index contributed by atoms with van der Waals surface area (Å²) in [4.78, 5) is 0. The van der Waals surface area contributed by atoms with Crippen LogP contribution in [-0.2, 0) is 5.41 Å². The highest BCUT2D eigenvalue weighted by molar-refractivity contribution is 6.39. The SMILES string of the molecule is CC1(C)c2ccccc2-c2c(-c3ccc4ccc5cccc6c7oc8ccccc8c7c3c4c56)cccc21. The van der Waals surface area contributed by atoms with Gasteiger partial charge in [0, 0.05) is 32.3 Å². The second-order valence-corrected chi connectivity index (χ2v) is 11.3. The van der Waals surface area contributed by atoms with Crippen molar-refractivity contribution in [3.8, 4) is 22.3 Å². The van der Waals surface area contributed by atoms with Crippen LogP contribution in [0.25, 0.3) is 76.5 Å². The molecule has 9 rings (SSSR count). The Labute approximate surface area is 220 Å². The third-order valence-corrected chi connectivity index (χ3v) is 9.01. The molecular weight excluding hydrogens is 460 g/mol. The van der Waals surface area contributed by atoms with Crippen molar-refractivity contribution in [2.75, 3.05) is 0 Å². The molecule has 0 spiro atoms. The fourth-order valence-corrected chi connectivity index (χ4v) is 7.33. The van der Waals surface area contributed by atoms with Crippen molar-refractivity contribution in [2.24, 2.45) is 0 Å². The topological polar surface area (TPSA) is 13.1 Å². The van der Waals surface area contributed by atoms with E-state index in [1.54, 1.807) is 0 Å². The third kappa shape index (κ3) is 2.33. The van der Waals surface area contributed by atoms with Gasteiger partial charge in [-0.05, 0) is 55.6 Å². The van der Waals surface area contributed by atoms with Crippen molar-refractivity contribution in [1.29, 1.82) is 0 Å². The van der Waals surface area contributed by atoms with Crippen LogP contribution in [-0.4, -0.2) is 0 Å². The molecule has 0 bridgehead atoms. The highest BCUT2D eigenvalue weighted by Gasteiger charge is 2.37. The zero-order valence-corrected chi connectivity index (χ0v) is 21.3. The Bertz CT molecular complexity index is 2260. The fourth-order valence-electron chi connectivity index (χ4n) is 7.33. The molecule has 0 saturated carbocycles. The molecule has 1 heterocycles. The van der Waals surface area contributed by atoms with Crippen molar-refractivity contribution in [3.05, 3.63) is 120 Å². The summed E-state index contributed by atoms with van der Waals surface area (Å²) in [5.74, 6) is 0. The summed E-state index contributed by atoms with van der Waals surface area (Å²) in [5.41, 5.74) is 9.97. The van der Waals surface area contributed by atoms with Gasteiger partial charge in [0.05, 0.1) is 0 Å². The first-order valence-electron chi connectivity index (χ1n) is 13.4. The van der Waals surface area contributed by atoms with Gasteiger partial charge >= 0.3 is 0 Å². The summed E-state index contributed by atoms with van der Waals surface area (Å²) < 4.78 is 6.64. The van der Waals surface area contributed by atoms with E-state index in [-0.39, 0.29) is 5.41 Å². The van der Waals surface area contributed by atoms with E-state index >= 15 is 0 Å². The number of fused-ring (bicyclic) bond motifs is 8. The first-order valence-corrected chi connectivity index (χ1v) is 13.4. The number of hydrogen-bond donors (Lipinski definition) is 0. The molecule has 0 fully saturated rings. The smallest absolute Gasteiger partial charge is 0.143 e. The largest absolute Gasteiger partial charge is 0.455 e. The highest BCUT2D eigenvalue weighted by Crippen LogP contribution is 2.54. The van der Waals surface area contributed by atoms with E-state index in [0.29, 0.717) is 0 Å². The minimum absolute atomic E-state index is 0.0383. The Kier molecular flexibility index (Phi) is 3.67. The van der Waals surface area contributed by atoms with E-state index in [0.717, 1.165) is 11.2 Å². The molecule has 1 aliphatic rings. The lowest BCUT2D eigenvalue weighted by molar-refractivity contribution is 0.660. The van der Waals surface area contributed by atoms with E-state index < -0.39 is 0 Å². The summed E-state index contributed by atoms with van der Waals surface area (Å²) in [7, 11) is 0. The van der Waals surface area contributed by atoms with Gasteiger partial charge in [0.25, 0.3) is 0 Å². The van der Waals surface area contributed by atoms with E-state index in [1.807, 2.05) is 0 Å². The fraction of sp³-hybridized carbons (Fsp3) is 0.0811. The third-order valence-electron chi connectivity index (χ3n) is 9.01. The van der Waals surface area contributed by atoms with Crippen molar-refractivity contribution in [1.82, 2.24) is 0 Å². The average Bonchev–Trinajstić information content (AvgIpc) is 3.46. The van der Waals surface area contributed by atoms with Crippen molar-refractivity contribution < 1.29 is 4.42 Å². The Hall–Kier alpha value is -4.62. The van der Waals surface area contributed by atoms with Gasteiger partial charge in [-0.15, -0.1) is 0 Å². The molecule has 1 heteroatoms. The quantitative estimate of drug-likeness (QED) is 0.211. The predicted molar refractivity (Wildman–Crippen MR) is 160 cm³/mol. The first kappa shape index (κ1) is 20.4. The van der Waals surface area contributed by atoms with Crippen LogP contribution < -0.4 is 0 Å².